The van der Waals surface area contributed by atoms with E-state index in [1.807, 2.05) is 45.0 Å². The van der Waals surface area contributed by atoms with E-state index in [1.165, 1.54) is 4.31 Å². The average molecular weight is 486 g/mol. The van der Waals surface area contributed by atoms with Crippen molar-refractivity contribution in [2.45, 2.75) is 51.1 Å². The van der Waals surface area contributed by atoms with E-state index < -0.39 is 15.9 Å². The van der Waals surface area contributed by atoms with Gasteiger partial charge in [-0.2, -0.15) is 4.31 Å². The number of carbonyl (C=O) groups is 1. The summed E-state index contributed by atoms with van der Waals surface area (Å²) in [5.41, 5.74) is 2.21. The zero-order valence-electron chi connectivity index (χ0n) is 19.8. The van der Waals surface area contributed by atoms with Crippen LogP contribution in [0.15, 0.2) is 47.4 Å². The van der Waals surface area contributed by atoms with Crippen LogP contribution in [0.5, 0.6) is 5.75 Å². The fourth-order valence-corrected chi connectivity index (χ4v) is 5.80. The summed E-state index contributed by atoms with van der Waals surface area (Å²) < 4.78 is 35.5. The number of nitrogens with zero attached hydrogens (tertiary/aromatic N) is 4. The number of benzene rings is 2. The van der Waals surface area contributed by atoms with Crippen molar-refractivity contribution < 1.29 is 17.9 Å². The van der Waals surface area contributed by atoms with E-state index in [9.17, 15) is 13.2 Å². The van der Waals surface area contributed by atoms with Crippen LogP contribution in [-0.4, -0.2) is 53.3 Å². The molecule has 1 fully saturated rings. The Balaban J connectivity index is 1.45. The minimum atomic E-state index is -3.76. The number of rotatable bonds is 8. The lowest BCUT2D eigenvalue weighted by Gasteiger charge is -2.31. The number of fused-ring (bicyclic) bond motifs is 1. The number of para-hydroxylation sites is 1. The number of amides is 1. The fraction of sp³-hybridized carbons (Fsp3) is 0.458. The Hall–Kier alpha value is -2.98. The lowest BCUT2D eigenvalue weighted by atomic mass is 9.98. The summed E-state index contributed by atoms with van der Waals surface area (Å²) in [6.45, 7) is 7.31. The molecule has 0 saturated carbocycles. The molecule has 10 heteroatoms. The second kappa shape index (κ2) is 10.1. The zero-order chi connectivity index (χ0) is 24.3. The normalized spacial score (nSPS) is 17.2. The van der Waals surface area contributed by atoms with E-state index in [0.717, 1.165) is 16.8 Å². The highest BCUT2D eigenvalue weighted by Crippen LogP contribution is 2.27. The highest BCUT2D eigenvalue weighted by Gasteiger charge is 2.33. The zero-order valence-corrected chi connectivity index (χ0v) is 20.6. The molecule has 1 aliphatic rings. The standard InChI is InChI=1S/C24H31N5O4S/c1-4-33-23-10-6-5-8-18(23)15-25-24(30)19-9-7-13-28(16-19)34(31,32)20-11-12-22-21(14-20)26-27-29(22)17(2)3/h5-6,8,10-12,14,17,19H,4,7,9,13,15-16H2,1-3H3,(H,25,30). The average Bonchev–Trinajstić information content (AvgIpc) is 3.27. The molecule has 1 aromatic heterocycles. The number of ether oxygens (including phenoxy) is 1. The number of hydrogen-bond acceptors (Lipinski definition) is 6. The Labute approximate surface area is 200 Å². The summed E-state index contributed by atoms with van der Waals surface area (Å²) >= 11 is 0. The number of hydrogen-bond donors (Lipinski definition) is 1. The number of aromatic nitrogens is 3. The topological polar surface area (TPSA) is 106 Å². The van der Waals surface area contributed by atoms with Crippen molar-refractivity contribution in [2.24, 2.45) is 5.92 Å². The van der Waals surface area contributed by atoms with Crippen molar-refractivity contribution >= 4 is 27.0 Å². The molecule has 9 nitrogen and oxygen atoms in total. The van der Waals surface area contributed by atoms with Crippen LogP contribution in [0.2, 0.25) is 0 Å². The minimum Gasteiger partial charge on any atom is -0.494 e. The summed E-state index contributed by atoms with van der Waals surface area (Å²) in [5, 5.41) is 11.2. The molecule has 0 radical (unpaired) electrons. The number of nitrogens with one attached hydrogen (secondary N) is 1. The Morgan fingerprint density at radius 3 is 2.79 bits per heavy atom. The molecule has 1 N–H and O–H groups in total. The summed E-state index contributed by atoms with van der Waals surface area (Å²) in [5.74, 6) is 0.179. The number of carbonyl (C=O) groups excluding carboxylic acids is 1. The molecule has 0 spiro atoms. The first-order valence-electron chi connectivity index (χ1n) is 11.6. The molecule has 1 unspecified atom stereocenters. The van der Waals surface area contributed by atoms with E-state index in [1.54, 1.807) is 22.9 Å². The fourth-order valence-electron chi connectivity index (χ4n) is 4.26. The third-order valence-electron chi connectivity index (χ3n) is 6.05. The second-order valence-electron chi connectivity index (χ2n) is 8.74. The van der Waals surface area contributed by atoms with Gasteiger partial charge in [-0.1, -0.05) is 23.4 Å². The van der Waals surface area contributed by atoms with Crippen molar-refractivity contribution in [3.8, 4) is 5.75 Å². The van der Waals surface area contributed by atoms with Crippen molar-refractivity contribution in [1.29, 1.82) is 0 Å². The second-order valence-corrected chi connectivity index (χ2v) is 10.7. The van der Waals surface area contributed by atoms with Gasteiger partial charge in [0, 0.05) is 31.2 Å². The molecule has 3 aromatic rings. The summed E-state index contributed by atoms with van der Waals surface area (Å²) in [6, 6.07) is 12.6. The Morgan fingerprint density at radius 1 is 1.24 bits per heavy atom. The highest BCUT2D eigenvalue weighted by molar-refractivity contribution is 7.89. The van der Waals surface area contributed by atoms with Gasteiger partial charge in [0.25, 0.3) is 0 Å². The molecule has 1 saturated heterocycles. The van der Waals surface area contributed by atoms with Gasteiger partial charge in [0.1, 0.15) is 11.3 Å². The van der Waals surface area contributed by atoms with Gasteiger partial charge < -0.3 is 10.1 Å². The van der Waals surface area contributed by atoms with Crippen LogP contribution in [0.3, 0.4) is 0 Å². The maximum atomic E-state index is 13.4. The Bertz CT molecular complexity index is 1270. The maximum absolute atomic E-state index is 13.4. The van der Waals surface area contributed by atoms with Crippen molar-refractivity contribution in [2.75, 3.05) is 19.7 Å². The van der Waals surface area contributed by atoms with Gasteiger partial charge in [-0.25, -0.2) is 13.1 Å². The summed E-state index contributed by atoms with van der Waals surface area (Å²) in [4.78, 5) is 13.1. The largest absolute Gasteiger partial charge is 0.494 e. The van der Waals surface area contributed by atoms with Gasteiger partial charge in [0.2, 0.25) is 15.9 Å². The molecule has 1 atom stereocenters. The molecule has 2 aromatic carbocycles. The predicted molar refractivity (Wildman–Crippen MR) is 129 cm³/mol. The minimum absolute atomic E-state index is 0.120. The highest BCUT2D eigenvalue weighted by atomic mass is 32.2. The van der Waals surface area contributed by atoms with Gasteiger partial charge >= 0.3 is 0 Å². The smallest absolute Gasteiger partial charge is 0.243 e. The van der Waals surface area contributed by atoms with Crippen molar-refractivity contribution in [1.82, 2.24) is 24.6 Å². The van der Waals surface area contributed by atoms with Crippen LogP contribution in [-0.2, 0) is 21.4 Å². The molecule has 0 aliphatic carbocycles. The van der Waals surface area contributed by atoms with Gasteiger partial charge in [-0.3, -0.25) is 4.79 Å². The van der Waals surface area contributed by atoms with E-state index >= 15 is 0 Å². The van der Waals surface area contributed by atoms with Gasteiger partial charge in [0.05, 0.1) is 22.9 Å². The van der Waals surface area contributed by atoms with Crippen LogP contribution in [0.25, 0.3) is 11.0 Å². The maximum Gasteiger partial charge on any atom is 0.243 e. The van der Waals surface area contributed by atoms with E-state index in [2.05, 4.69) is 15.6 Å². The van der Waals surface area contributed by atoms with Crippen LogP contribution >= 0.6 is 0 Å². The van der Waals surface area contributed by atoms with Crippen molar-refractivity contribution in [3.63, 3.8) is 0 Å². The predicted octanol–water partition coefficient (Wildman–Crippen LogP) is 3.13. The molecule has 4 rings (SSSR count). The molecule has 0 bridgehead atoms. The third-order valence-corrected chi connectivity index (χ3v) is 7.91. The number of piperidine rings is 1. The van der Waals surface area contributed by atoms with Crippen LogP contribution < -0.4 is 10.1 Å². The first-order chi connectivity index (χ1) is 16.3. The van der Waals surface area contributed by atoms with Crippen LogP contribution in [0.4, 0.5) is 0 Å². The molecule has 1 amide bonds. The summed E-state index contributed by atoms with van der Waals surface area (Å²) in [6.07, 6.45) is 1.27. The molecular weight excluding hydrogens is 454 g/mol. The SMILES string of the molecule is CCOc1ccccc1CNC(=O)C1CCCN(S(=O)(=O)c2ccc3c(c2)nnn3C(C)C)C1. The lowest BCUT2D eigenvalue weighted by molar-refractivity contribution is -0.126. The molecule has 1 aliphatic heterocycles. The monoisotopic (exact) mass is 485 g/mol. The third kappa shape index (κ3) is 4.92. The van der Waals surface area contributed by atoms with Crippen molar-refractivity contribution in [3.05, 3.63) is 48.0 Å². The Kier molecular flexibility index (Phi) is 7.18. The molecular formula is C24H31N5O4S. The molecule has 2 heterocycles. The van der Waals surface area contributed by atoms with Gasteiger partial charge in [-0.15, -0.1) is 5.10 Å². The van der Waals surface area contributed by atoms with Gasteiger partial charge in [0.15, 0.2) is 0 Å². The first kappa shape index (κ1) is 24.2. The Morgan fingerprint density at radius 2 is 2.03 bits per heavy atom. The lowest BCUT2D eigenvalue weighted by Crippen LogP contribution is -2.45. The van der Waals surface area contributed by atoms with E-state index in [0.29, 0.717) is 38.1 Å². The van der Waals surface area contributed by atoms with E-state index in [4.69, 9.17) is 4.74 Å². The van der Waals surface area contributed by atoms with Gasteiger partial charge in [-0.05, 0) is 57.9 Å². The first-order valence-corrected chi connectivity index (χ1v) is 13.1. The number of sulfonamides is 1. The summed E-state index contributed by atoms with van der Waals surface area (Å²) in [7, 11) is -3.76. The molecule has 182 valence electrons. The van der Waals surface area contributed by atoms with E-state index in [-0.39, 0.29) is 23.4 Å². The van der Waals surface area contributed by atoms with Crippen LogP contribution in [0, 0.1) is 5.92 Å². The molecule has 34 heavy (non-hydrogen) atoms. The quantitative estimate of drug-likeness (QED) is 0.525. The van der Waals surface area contributed by atoms with Crippen LogP contribution in [0.1, 0.15) is 45.2 Å².